The largest absolute Gasteiger partial charge is 0.329 e. The van der Waals surface area contributed by atoms with E-state index in [0.717, 1.165) is 5.56 Å². The van der Waals surface area contributed by atoms with Gasteiger partial charge in [-0.15, -0.1) is 0 Å². The molecule has 0 atom stereocenters. The summed E-state index contributed by atoms with van der Waals surface area (Å²) in [5.41, 5.74) is 6.98. The first kappa shape index (κ1) is 13.6. The summed E-state index contributed by atoms with van der Waals surface area (Å²) in [5, 5.41) is 3.95. The molecule has 7 heteroatoms. The summed E-state index contributed by atoms with van der Waals surface area (Å²) in [6.45, 7) is 2.84. The molecule has 1 heterocycles. The molecule has 3 N–H and O–H groups in total. The molecule has 0 aliphatic rings. The smallest absolute Gasteiger partial charge is 0.265 e. The molecule has 0 spiro atoms. The third-order valence-electron chi connectivity index (χ3n) is 2.58. The van der Waals surface area contributed by atoms with E-state index in [2.05, 4.69) is 9.82 Å². The van der Waals surface area contributed by atoms with Crippen LogP contribution in [0.4, 0.5) is 5.69 Å². The molecule has 0 aliphatic heterocycles. The predicted molar refractivity (Wildman–Crippen MR) is 73.3 cm³/mol. The Morgan fingerprint density at radius 2 is 2.00 bits per heavy atom. The molecule has 0 aliphatic carbocycles. The van der Waals surface area contributed by atoms with Crippen molar-refractivity contribution in [1.29, 1.82) is 0 Å². The average Bonchev–Trinajstić information content (AvgIpc) is 2.82. The van der Waals surface area contributed by atoms with Crippen LogP contribution >= 0.6 is 0 Å². The summed E-state index contributed by atoms with van der Waals surface area (Å²) in [6, 6.07) is 7.12. The molecule has 0 saturated heterocycles. The molecule has 19 heavy (non-hydrogen) atoms. The van der Waals surface area contributed by atoms with Crippen molar-refractivity contribution in [3.8, 4) is 0 Å². The molecular formula is C12H16N4O2S. The predicted octanol–water partition coefficient (Wildman–Crippen LogP) is 0.951. The number of hydrogen-bond acceptors (Lipinski definition) is 4. The lowest BCUT2D eigenvalue weighted by Crippen LogP contribution is -2.13. The molecule has 0 unspecified atom stereocenters. The van der Waals surface area contributed by atoms with Gasteiger partial charge in [0, 0.05) is 18.4 Å². The zero-order valence-electron chi connectivity index (χ0n) is 10.6. The molecule has 0 fully saturated rings. The lowest BCUT2D eigenvalue weighted by Gasteiger charge is -2.06. The number of anilines is 1. The first-order valence-corrected chi connectivity index (χ1v) is 7.31. The zero-order chi connectivity index (χ0) is 13.9. The topological polar surface area (TPSA) is 90.0 Å². The van der Waals surface area contributed by atoms with Crippen LogP contribution < -0.4 is 10.5 Å². The van der Waals surface area contributed by atoms with Crippen molar-refractivity contribution in [3.05, 3.63) is 42.2 Å². The van der Waals surface area contributed by atoms with Crippen molar-refractivity contribution in [1.82, 2.24) is 9.78 Å². The maximum Gasteiger partial charge on any atom is 0.265 e. The number of sulfonamides is 1. The number of aromatic nitrogens is 2. The molecule has 0 radical (unpaired) electrons. The van der Waals surface area contributed by atoms with Crippen LogP contribution in [0.1, 0.15) is 5.56 Å². The van der Waals surface area contributed by atoms with Gasteiger partial charge in [0.15, 0.2) is 0 Å². The van der Waals surface area contributed by atoms with Gasteiger partial charge in [0.05, 0.1) is 12.7 Å². The summed E-state index contributed by atoms with van der Waals surface area (Å²) in [6.07, 6.45) is 2.77. The van der Waals surface area contributed by atoms with Crippen LogP contribution in [0.2, 0.25) is 0 Å². The number of aryl methyl sites for hydroxylation is 1. The van der Waals surface area contributed by atoms with Gasteiger partial charge < -0.3 is 5.73 Å². The Balaban J connectivity index is 2.19. The summed E-state index contributed by atoms with van der Waals surface area (Å²) in [5.74, 6) is 0. The fourth-order valence-electron chi connectivity index (χ4n) is 1.57. The van der Waals surface area contributed by atoms with Gasteiger partial charge in [0.2, 0.25) is 0 Å². The maximum atomic E-state index is 12.1. The second-order valence-electron chi connectivity index (χ2n) is 4.20. The first-order chi connectivity index (χ1) is 9.01. The summed E-state index contributed by atoms with van der Waals surface area (Å²) < 4.78 is 28.2. The molecular weight excluding hydrogens is 264 g/mol. The molecule has 102 valence electrons. The Bertz CT molecular complexity index is 647. The highest BCUT2D eigenvalue weighted by atomic mass is 32.2. The Morgan fingerprint density at radius 1 is 1.32 bits per heavy atom. The molecule has 0 bridgehead atoms. The van der Waals surface area contributed by atoms with E-state index in [4.69, 9.17) is 5.73 Å². The molecule has 0 saturated carbocycles. The fourth-order valence-corrected chi connectivity index (χ4v) is 2.58. The van der Waals surface area contributed by atoms with Crippen LogP contribution in [0.25, 0.3) is 0 Å². The molecule has 6 nitrogen and oxygen atoms in total. The second kappa shape index (κ2) is 5.41. The van der Waals surface area contributed by atoms with Gasteiger partial charge in [-0.2, -0.15) is 5.10 Å². The van der Waals surface area contributed by atoms with Crippen molar-refractivity contribution in [2.24, 2.45) is 5.73 Å². The molecule has 1 aromatic heterocycles. The van der Waals surface area contributed by atoms with Crippen LogP contribution in [-0.2, 0) is 16.6 Å². The van der Waals surface area contributed by atoms with Crippen molar-refractivity contribution in [3.63, 3.8) is 0 Å². The lowest BCUT2D eigenvalue weighted by atomic mass is 10.2. The molecule has 1 aromatic carbocycles. The first-order valence-electron chi connectivity index (χ1n) is 5.83. The minimum absolute atomic E-state index is 0.126. The van der Waals surface area contributed by atoms with Gasteiger partial charge >= 0.3 is 0 Å². The van der Waals surface area contributed by atoms with E-state index in [9.17, 15) is 8.42 Å². The summed E-state index contributed by atoms with van der Waals surface area (Å²) in [7, 11) is -3.60. The Labute approximate surface area is 112 Å². The monoisotopic (exact) mass is 280 g/mol. The lowest BCUT2D eigenvalue weighted by molar-refractivity contribution is 0.599. The number of hydrogen-bond donors (Lipinski definition) is 2. The van der Waals surface area contributed by atoms with E-state index < -0.39 is 10.0 Å². The van der Waals surface area contributed by atoms with E-state index in [1.807, 2.05) is 19.1 Å². The average molecular weight is 280 g/mol. The van der Waals surface area contributed by atoms with Gasteiger partial charge in [0.25, 0.3) is 10.0 Å². The highest BCUT2D eigenvalue weighted by Crippen LogP contribution is 2.15. The van der Waals surface area contributed by atoms with Crippen molar-refractivity contribution < 1.29 is 8.42 Å². The number of rotatable bonds is 5. The van der Waals surface area contributed by atoms with Crippen molar-refractivity contribution in [2.75, 3.05) is 11.3 Å². The van der Waals surface area contributed by atoms with Crippen LogP contribution in [0.5, 0.6) is 0 Å². The van der Waals surface area contributed by atoms with Crippen LogP contribution in [0, 0.1) is 6.92 Å². The number of benzene rings is 1. The van der Waals surface area contributed by atoms with Crippen LogP contribution in [0.15, 0.2) is 41.6 Å². The minimum atomic E-state index is -3.60. The van der Waals surface area contributed by atoms with E-state index in [1.54, 1.807) is 12.1 Å². The third-order valence-corrected chi connectivity index (χ3v) is 3.92. The van der Waals surface area contributed by atoms with Gasteiger partial charge in [-0.05, 0) is 19.1 Å². The van der Waals surface area contributed by atoms with E-state index >= 15 is 0 Å². The molecule has 0 amide bonds. The minimum Gasteiger partial charge on any atom is -0.329 e. The van der Waals surface area contributed by atoms with E-state index in [-0.39, 0.29) is 4.90 Å². The van der Waals surface area contributed by atoms with E-state index in [0.29, 0.717) is 18.8 Å². The fraction of sp³-hybridized carbons (Fsp3) is 0.250. The Hall–Kier alpha value is -1.86. The number of nitrogens with zero attached hydrogens (tertiary/aromatic N) is 2. The maximum absolute atomic E-state index is 12.1. The summed E-state index contributed by atoms with van der Waals surface area (Å²) >= 11 is 0. The highest BCUT2D eigenvalue weighted by Gasteiger charge is 2.16. The molecule has 2 aromatic rings. The Kier molecular flexibility index (Phi) is 3.87. The standard InChI is InChI=1S/C12H16N4O2S/c1-10-2-4-11(5-3-10)15-19(17,18)12-8-14-16(9-12)7-6-13/h2-5,8-9,15H,6-7,13H2,1H3. The van der Waals surface area contributed by atoms with Gasteiger partial charge in [-0.3, -0.25) is 9.40 Å². The van der Waals surface area contributed by atoms with Crippen LogP contribution in [-0.4, -0.2) is 24.7 Å². The Morgan fingerprint density at radius 3 is 2.63 bits per heavy atom. The normalized spacial score (nSPS) is 11.5. The summed E-state index contributed by atoms with van der Waals surface area (Å²) in [4.78, 5) is 0.126. The SMILES string of the molecule is Cc1ccc(NS(=O)(=O)c2cnn(CCN)c2)cc1. The highest BCUT2D eigenvalue weighted by molar-refractivity contribution is 7.92. The number of nitrogens with one attached hydrogen (secondary N) is 1. The third kappa shape index (κ3) is 3.33. The van der Waals surface area contributed by atoms with Crippen molar-refractivity contribution >= 4 is 15.7 Å². The van der Waals surface area contributed by atoms with Gasteiger partial charge in [-0.1, -0.05) is 17.7 Å². The van der Waals surface area contributed by atoms with E-state index in [1.165, 1.54) is 17.1 Å². The second-order valence-corrected chi connectivity index (χ2v) is 5.88. The van der Waals surface area contributed by atoms with Gasteiger partial charge in [-0.25, -0.2) is 8.42 Å². The van der Waals surface area contributed by atoms with Crippen LogP contribution in [0.3, 0.4) is 0 Å². The van der Waals surface area contributed by atoms with Gasteiger partial charge in [0.1, 0.15) is 4.90 Å². The zero-order valence-corrected chi connectivity index (χ0v) is 11.4. The molecule has 2 rings (SSSR count). The van der Waals surface area contributed by atoms with Crippen molar-refractivity contribution in [2.45, 2.75) is 18.4 Å². The quantitative estimate of drug-likeness (QED) is 0.853. The number of nitrogens with two attached hydrogens (primary N) is 1.